The van der Waals surface area contributed by atoms with Crippen LogP contribution in [0.2, 0.25) is 0 Å². The Morgan fingerprint density at radius 3 is 2.72 bits per heavy atom. The maximum Gasteiger partial charge on any atom is 0.236 e. The molecule has 0 unspecified atom stereocenters. The van der Waals surface area contributed by atoms with E-state index in [0.29, 0.717) is 19.4 Å². The lowest BCUT2D eigenvalue weighted by molar-refractivity contribution is -0.122. The van der Waals surface area contributed by atoms with Gasteiger partial charge in [-0.1, -0.05) is 12.1 Å². The van der Waals surface area contributed by atoms with Gasteiger partial charge in [0, 0.05) is 6.54 Å². The molecule has 0 fully saturated rings. The predicted molar refractivity (Wildman–Crippen MR) is 74.1 cm³/mol. The summed E-state index contributed by atoms with van der Waals surface area (Å²) in [4.78, 5) is 11.6. The Morgan fingerprint density at radius 1 is 1.44 bits per heavy atom. The highest BCUT2D eigenvalue weighted by atomic mass is 32.2. The van der Waals surface area contributed by atoms with Crippen molar-refractivity contribution in [2.24, 2.45) is 5.73 Å². The van der Waals surface area contributed by atoms with Crippen molar-refractivity contribution in [3.8, 4) is 0 Å². The normalized spacial score (nSPS) is 12.2. The van der Waals surface area contributed by atoms with Gasteiger partial charge >= 0.3 is 0 Å². The Hall–Kier alpha value is -1.07. The Kier molecular flexibility index (Phi) is 6.75. The van der Waals surface area contributed by atoms with Gasteiger partial charge in [0.25, 0.3) is 0 Å². The molecule has 0 radical (unpaired) electrons. The van der Waals surface area contributed by atoms with Crippen LogP contribution in [0.3, 0.4) is 0 Å². The molecule has 3 N–H and O–H groups in total. The molecule has 0 bridgehead atoms. The van der Waals surface area contributed by atoms with E-state index < -0.39 is 6.04 Å². The lowest BCUT2D eigenvalue weighted by Crippen LogP contribution is -2.41. The molecule has 1 atom stereocenters. The summed E-state index contributed by atoms with van der Waals surface area (Å²) in [6.07, 6.45) is 3.35. The molecule has 0 saturated heterocycles. The van der Waals surface area contributed by atoms with Gasteiger partial charge in [0.05, 0.1) is 6.04 Å². The number of rotatable bonds is 7. The Balaban J connectivity index is 2.24. The minimum Gasteiger partial charge on any atom is -0.354 e. The molecule has 0 aliphatic rings. The molecule has 1 aromatic carbocycles. The summed E-state index contributed by atoms with van der Waals surface area (Å²) in [5, 5.41) is 2.79. The summed E-state index contributed by atoms with van der Waals surface area (Å²) in [7, 11) is 0. The van der Waals surface area contributed by atoms with E-state index in [2.05, 4.69) is 5.32 Å². The fourth-order valence-electron chi connectivity index (χ4n) is 1.49. The van der Waals surface area contributed by atoms with Crippen LogP contribution in [0.15, 0.2) is 24.3 Å². The van der Waals surface area contributed by atoms with Crippen molar-refractivity contribution in [3.05, 3.63) is 35.6 Å². The number of benzene rings is 1. The molecule has 1 amide bonds. The van der Waals surface area contributed by atoms with E-state index in [1.165, 1.54) is 12.1 Å². The highest BCUT2D eigenvalue weighted by molar-refractivity contribution is 7.98. The summed E-state index contributed by atoms with van der Waals surface area (Å²) in [6, 6.07) is 5.83. The Labute approximate surface area is 111 Å². The topological polar surface area (TPSA) is 55.1 Å². The molecule has 0 aliphatic heterocycles. The fourth-order valence-corrected chi connectivity index (χ4v) is 1.98. The maximum atomic E-state index is 12.7. The zero-order valence-corrected chi connectivity index (χ0v) is 11.3. The summed E-state index contributed by atoms with van der Waals surface area (Å²) < 4.78 is 12.7. The van der Waals surface area contributed by atoms with Crippen molar-refractivity contribution in [1.82, 2.24) is 5.32 Å². The van der Waals surface area contributed by atoms with Crippen molar-refractivity contribution in [3.63, 3.8) is 0 Å². The molecular weight excluding hydrogens is 251 g/mol. The minimum atomic E-state index is -0.439. The number of hydrogen-bond acceptors (Lipinski definition) is 3. The quantitative estimate of drug-likeness (QED) is 0.790. The monoisotopic (exact) mass is 270 g/mol. The molecular formula is C13H19FN2OS. The average Bonchev–Trinajstić information content (AvgIpc) is 2.38. The van der Waals surface area contributed by atoms with E-state index in [9.17, 15) is 9.18 Å². The third-order valence-electron chi connectivity index (χ3n) is 2.60. The predicted octanol–water partition coefficient (Wildman–Crippen LogP) is 1.56. The summed E-state index contributed by atoms with van der Waals surface area (Å²) in [6.45, 7) is 0.525. The minimum absolute atomic E-state index is 0.119. The van der Waals surface area contributed by atoms with Crippen LogP contribution in [0.5, 0.6) is 0 Å². The summed E-state index contributed by atoms with van der Waals surface area (Å²) in [5.74, 6) is 0.514. The van der Waals surface area contributed by atoms with Gasteiger partial charge in [0.2, 0.25) is 5.91 Å². The van der Waals surface area contributed by atoms with E-state index >= 15 is 0 Å². The van der Waals surface area contributed by atoms with Gasteiger partial charge in [-0.2, -0.15) is 11.8 Å². The number of carbonyl (C=O) groups is 1. The van der Waals surface area contributed by atoms with Crippen LogP contribution >= 0.6 is 11.8 Å². The Bertz CT molecular complexity index is 370. The first-order valence-electron chi connectivity index (χ1n) is 5.90. The molecule has 5 heteroatoms. The van der Waals surface area contributed by atoms with Gasteiger partial charge in [-0.05, 0) is 42.5 Å². The van der Waals surface area contributed by atoms with Gasteiger partial charge in [-0.25, -0.2) is 4.39 Å². The van der Waals surface area contributed by atoms with Crippen molar-refractivity contribution < 1.29 is 9.18 Å². The zero-order chi connectivity index (χ0) is 13.4. The van der Waals surface area contributed by atoms with E-state index in [4.69, 9.17) is 5.73 Å². The highest BCUT2D eigenvalue weighted by Gasteiger charge is 2.11. The zero-order valence-electron chi connectivity index (χ0n) is 10.5. The number of nitrogens with one attached hydrogen (secondary N) is 1. The fraction of sp³-hybridized carbons (Fsp3) is 0.462. The molecule has 0 heterocycles. The van der Waals surface area contributed by atoms with Crippen LogP contribution in [0.1, 0.15) is 12.0 Å². The summed E-state index contributed by atoms with van der Waals surface area (Å²) >= 11 is 1.67. The lowest BCUT2D eigenvalue weighted by atomic mass is 10.1. The van der Waals surface area contributed by atoms with E-state index in [0.717, 1.165) is 11.3 Å². The summed E-state index contributed by atoms with van der Waals surface area (Å²) in [5.41, 5.74) is 6.72. The van der Waals surface area contributed by atoms with Crippen molar-refractivity contribution in [2.45, 2.75) is 18.9 Å². The molecule has 0 aromatic heterocycles. The standard InChI is InChI=1S/C13H19FN2OS/c1-18-9-7-12(15)13(17)16-8-6-10-2-4-11(14)5-3-10/h2-5,12H,6-9,15H2,1H3,(H,16,17)/t12-/m0/s1. The third-order valence-corrected chi connectivity index (χ3v) is 3.24. The first-order chi connectivity index (χ1) is 8.63. The second-order valence-corrected chi connectivity index (χ2v) is 5.04. The molecule has 18 heavy (non-hydrogen) atoms. The molecule has 100 valence electrons. The first kappa shape index (κ1) is 15.0. The average molecular weight is 270 g/mol. The van der Waals surface area contributed by atoms with Crippen LogP contribution in [-0.2, 0) is 11.2 Å². The van der Waals surface area contributed by atoms with E-state index in [1.807, 2.05) is 6.26 Å². The van der Waals surface area contributed by atoms with Crippen LogP contribution < -0.4 is 11.1 Å². The second-order valence-electron chi connectivity index (χ2n) is 4.06. The van der Waals surface area contributed by atoms with Crippen LogP contribution in [-0.4, -0.2) is 30.5 Å². The Morgan fingerprint density at radius 2 is 2.11 bits per heavy atom. The van der Waals surface area contributed by atoms with Crippen LogP contribution in [0, 0.1) is 5.82 Å². The maximum absolute atomic E-state index is 12.7. The van der Waals surface area contributed by atoms with Crippen LogP contribution in [0.4, 0.5) is 4.39 Å². The smallest absolute Gasteiger partial charge is 0.236 e. The van der Waals surface area contributed by atoms with Crippen molar-refractivity contribution in [1.29, 1.82) is 0 Å². The van der Waals surface area contributed by atoms with Gasteiger partial charge in [-0.3, -0.25) is 4.79 Å². The SMILES string of the molecule is CSCC[C@H](N)C(=O)NCCc1ccc(F)cc1. The molecule has 0 spiro atoms. The lowest BCUT2D eigenvalue weighted by Gasteiger charge is -2.11. The number of halogens is 1. The van der Waals surface area contributed by atoms with Crippen molar-refractivity contribution >= 4 is 17.7 Å². The second kappa shape index (κ2) is 8.11. The first-order valence-corrected chi connectivity index (χ1v) is 7.29. The number of hydrogen-bond donors (Lipinski definition) is 2. The number of amides is 1. The van der Waals surface area contributed by atoms with Gasteiger partial charge in [-0.15, -0.1) is 0 Å². The number of nitrogens with two attached hydrogens (primary N) is 1. The highest BCUT2D eigenvalue weighted by Crippen LogP contribution is 2.03. The van der Waals surface area contributed by atoms with Crippen molar-refractivity contribution in [2.75, 3.05) is 18.6 Å². The largest absolute Gasteiger partial charge is 0.354 e. The van der Waals surface area contributed by atoms with Crippen LogP contribution in [0.25, 0.3) is 0 Å². The van der Waals surface area contributed by atoms with E-state index in [-0.39, 0.29) is 11.7 Å². The van der Waals surface area contributed by atoms with E-state index in [1.54, 1.807) is 23.9 Å². The molecule has 0 saturated carbocycles. The van der Waals surface area contributed by atoms with Gasteiger partial charge < -0.3 is 11.1 Å². The molecule has 1 aromatic rings. The number of carbonyl (C=O) groups excluding carboxylic acids is 1. The molecule has 3 nitrogen and oxygen atoms in total. The third kappa shape index (κ3) is 5.51. The molecule has 1 rings (SSSR count). The number of thioether (sulfide) groups is 1. The van der Waals surface area contributed by atoms with Gasteiger partial charge in [0.1, 0.15) is 5.82 Å². The van der Waals surface area contributed by atoms with Gasteiger partial charge in [0.15, 0.2) is 0 Å². The molecule has 0 aliphatic carbocycles.